The quantitative estimate of drug-likeness (QED) is 0.403. The molecule has 0 saturated heterocycles. The molecule has 2 N–H and O–H groups in total. The zero-order chi connectivity index (χ0) is 21.0. The first kappa shape index (κ1) is 23.0. The van der Waals surface area contributed by atoms with Crippen LogP contribution >= 0.6 is 0 Å². The number of nitrogens with zero attached hydrogens (tertiary/aromatic N) is 2. The average molecular weight is 419 g/mol. The lowest BCUT2D eigenvalue weighted by Crippen LogP contribution is -2.46. The van der Waals surface area contributed by atoms with Crippen molar-refractivity contribution in [1.29, 1.82) is 0 Å². The Morgan fingerprint density at radius 1 is 0.966 bits per heavy atom. The lowest BCUT2D eigenvalue weighted by molar-refractivity contribution is 0.0708. The third-order valence-corrected chi connectivity index (χ3v) is 7.11. The topological polar surface area (TPSA) is 94.6 Å². The van der Waals surface area contributed by atoms with Crippen LogP contribution < -0.4 is 10.6 Å². The molecule has 0 saturated carbocycles. The largest absolute Gasteiger partial charge is 0.500 e. The van der Waals surface area contributed by atoms with Gasteiger partial charge in [0.25, 0.3) is 0 Å². The second kappa shape index (κ2) is 12.3. The SMILES string of the molecule is CCO[Si](CCCNC(=O)Nc1cccc(-c2ccccn2)n1)(OCC)OCC. The summed E-state index contributed by atoms with van der Waals surface area (Å²) in [5.74, 6) is 0.465. The van der Waals surface area contributed by atoms with Gasteiger partial charge in [0.1, 0.15) is 5.82 Å². The highest BCUT2D eigenvalue weighted by atomic mass is 28.4. The monoisotopic (exact) mass is 418 g/mol. The number of pyridine rings is 2. The van der Waals surface area contributed by atoms with E-state index in [1.807, 2.05) is 51.1 Å². The molecule has 8 nitrogen and oxygen atoms in total. The minimum Gasteiger partial charge on any atom is -0.374 e. The second-order valence-corrected chi connectivity index (χ2v) is 8.82. The van der Waals surface area contributed by atoms with Crippen molar-refractivity contribution >= 4 is 20.7 Å². The highest BCUT2D eigenvalue weighted by Gasteiger charge is 2.39. The smallest absolute Gasteiger partial charge is 0.374 e. The molecule has 158 valence electrons. The minimum atomic E-state index is -2.68. The first-order valence-electron chi connectivity index (χ1n) is 9.97. The van der Waals surface area contributed by atoms with Gasteiger partial charge in [-0.3, -0.25) is 10.3 Å². The Balaban J connectivity index is 1.84. The van der Waals surface area contributed by atoms with Gasteiger partial charge in [-0.1, -0.05) is 12.1 Å². The molecule has 2 aromatic rings. The number of hydrogen-bond acceptors (Lipinski definition) is 6. The fourth-order valence-corrected chi connectivity index (χ4v) is 5.44. The number of rotatable bonds is 12. The van der Waals surface area contributed by atoms with Crippen LogP contribution in [0.3, 0.4) is 0 Å². The van der Waals surface area contributed by atoms with Crippen LogP contribution in [0.25, 0.3) is 11.4 Å². The van der Waals surface area contributed by atoms with Crippen LogP contribution in [0.15, 0.2) is 42.6 Å². The van der Waals surface area contributed by atoms with E-state index in [-0.39, 0.29) is 6.03 Å². The van der Waals surface area contributed by atoms with Crippen molar-refractivity contribution in [3.8, 4) is 11.4 Å². The summed E-state index contributed by atoms with van der Waals surface area (Å²) in [5.41, 5.74) is 1.45. The Morgan fingerprint density at radius 2 is 1.66 bits per heavy atom. The van der Waals surface area contributed by atoms with E-state index in [0.29, 0.717) is 50.3 Å². The van der Waals surface area contributed by atoms with Crippen molar-refractivity contribution in [2.45, 2.75) is 33.2 Å². The van der Waals surface area contributed by atoms with Crippen LogP contribution in [0.1, 0.15) is 27.2 Å². The molecule has 0 fully saturated rings. The summed E-state index contributed by atoms with van der Waals surface area (Å²) in [4.78, 5) is 20.9. The highest BCUT2D eigenvalue weighted by Crippen LogP contribution is 2.18. The molecule has 29 heavy (non-hydrogen) atoms. The van der Waals surface area contributed by atoms with Gasteiger partial charge in [0.2, 0.25) is 0 Å². The van der Waals surface area contributed by atoms with E-state index in [0.717, 1.165) is 5.69 Å². The van der Waals surface area contributed by atoms with E-state index in [1.54, 1.807) is 12.3 Å². The summed E-state index contributed by atoms with van der Waals surface area (Å²) in [6.45, 7) is 7.88. The first-order chi connectivity index (χ1) is 14.1. The molecule has 0 atom stereocenters. The maximum atomic E-state index is 12.2. The fraction of sp³-hybridized carbons (Fsp3) is 0.450. The van der Waals surface area contributed by atoms with Crippen molar-refractivity contribution in [3.63, 3.8) is 0 Å². The molecule has 0 bridgehead atoms. The Hall–Kier alpha value is -2.33. The van der Waals surface area contributed by atoms with Crippen molar-refractivity contribution in [2.24, 2.45) is 0 Å². The van der Waals surface area contributed by atoms with Gasteiger partial charge in [-0.25, -0.2) is 9.78 Å². The van der Waals surface area contributed by atoms with Crippen LogP contribution in [-0.2, 0) is 13.3 Å². The first-order valence-corrected chi connectivity index (χ1v) is 11.9. The molecule has 2 heterocycles. The Kier molecular flexibility index (Phi) is 9.72. The second-order valence-electron chi connectivity index (χ2n) is 6.09. The van der Waals surface area contributed by atoms with E-state index in [1.165, 1.54) is 0 Å². The van der Waals surface area contributed by atoms with Crippen LogP contribution in [0, 0.1) is 0 Å². The zero-order valence-electron chi connectivity index (χ0n) is 17.3. The third kappa shape index (κ3) is 7.54. The Morgan fingerprint density at radius 3 is 2.28 bits per heavy atom. The molecule has 0 aliphatic rings. The van der Waals surface area contributed by atoms with Crippen LogP contribution in [0.4, 0.5) is 10.6 Å². The van der Waals surface area contributed by atoms with E-state index >= 15 is 0 Å². The molecule has 0 aliphatic heterocycles. The van der Waals surface area contributed by atoms with Gasteiger partial charge in [0, 0.05) is 38.6 Å². The summed E-state index contributed by atoms with van der Waals surface area (Å²) < 4.78 is 17.5. The van der Waals surface area contributed by atoms with E-state index < -0.39 is 8.80 Å². The molecular weight excluding hydrogens is 388 g/mol. The molecule has 2 amide bonds. The molecule has 0 spiro atoms. The molecule has 2 rings (SSSR count). The standard InChI is InChI=1S/C20H30N4O4Si/c1-4-26-29(27-5-2,28-6-3)16-10-15-22-20(25)24-19-13-9-12-18(23-19)17-11-7-8-14-21-17/h7-9,11-14H,4-6,10,15-16H2,1-3H3,(H2,22,23,24,25). The predicted molar refractivity (Wildman–Crippen MR) is 115 cm³/mol. The minimum absolute atomic E-state index is 0.313. The van der Waals surface area contributed by atoms with Gasteiger partial charge in [-0.2, -0.15) is 0 Å². The number of hydrogen-bond donors (Lipinski definition) is 2. The molecule has 0 aliphatic carbocycles. The van der Waals surface area contributed by atoms with Crippen LogP contribution in [0.5, 0.6) is 0 Å². The predicted octanol–water partition coefficient (Wildman–Crippen LogP) is 3.70. The maximum Gasteiger partial charge on any atom is 0.500 e. The van der Waals surface area contributed by atoms with Gasteiger partial charge in [-0.15, -0.1) is 0 Å². The van der Waals surface area contributed by atoms with E-state index in [2.05, 4.69) is 20.6 Å². The van der Waals surface area contributed by atoms with Gasteiger partial charge in [0.05, 0.1) is 11.4 Å². The molecule has 9 heteroatoms. The lowest BCUT2D eigenvalue weighted by atomic mass is 10.2. The number of carbonyl (C=O) groups excluding carboxylic acids is 1. The molecule has 0 unspecified atom stereocenters. The van der Waals surface area contributed by atoms with Gasteiger partial charge >= 0.3 is 14.8 Å². The normalized spacial score (nSPS) is 11.3. The summed E-state index contributed by atoms with van der Waals surface area (Å²) in [6.07, 6.45) is 2.40. The highest BCUT2D eigenvalue weighted by molar-refractivity contribution is 6.60. The maximum absolute atomic E-state index is 12.2. The number of nitrogens with one attached hydrogen (secondary N) is 2. The Labute approximate surface area is 173 Å². The third-order valence-electron chi connectivity index (χ3n) is 3.96. The number of amides is 2. The summed E-state index contributed by atoms with van der Waals surface area (Å²) >= 11 is 0. The summed E-state index contributed by atoms with van der Waals surface area (Å²) in [6, 6.07) is 11.4. The average Bonchev–Trinajstić information content (AvgIpc) is 2.73. The van der Waals surface area contributed by atoms with E-state index in [4.69, 9.17) is 13.3 Å². The number of carbonyl (C=O) groups is 1. The van der Waals surface area contributed by atoms with E-state index in [9.17, 15) is 4.79 Å². The van der Waals surface area contributed by atoms with Crippen molar-refractivity contribution < 1.29 is 18.1 Å². The van der Waals surface area contributed by atoms with Crippen LogP contribution in [-0.4, -0.2) is 51.2 Å². The van der Waals surface area contributed by atoms with Crippen LogP contribution in [0.2, 0.25) is 6.04 Å². The van der Waals surface area contributed by atoms with Gasteiger partial charge in [0.15, 0.2) is 0 Å². The molecular formula is C20H30N4O4Si. The molecule has 2 aromatic heterocycles. The Bertz CT molecular complexity index is 731. The van der Waals surface area contributed by atoms with Gasteiger partial charge in [-0.05, 0) is 51.5 Å². The van der Waals surface area contributed by atoms with Gasteiger partial charge < -0.3 is 18.6 Å². The molecule has 0 aromatic carbocycles. The van der Waals surface area contributed by atoms with Crippen molar-refractivity contribution in [1.82, 2.24) is 15.3 Å². The lowest BCUT2D eigenvalue weighted by Gasteiger charge is -2.28. The van der Waals surface area contributed by atoms with Crippen molar-refractivity contribution in [3.05, 3.63) is 42.6 Å². The summed E-state index contributed by atoms with van der Waals surface area (Å²) in [7, 11) is -2.68. The summed E-state index contributed by atoms with van der Waals surface area (Å²) in [5, 5.41) is 5.59. The number of urea groups is 1. The fourth-order valence-electron chi connectivity index (χ4n) is 2.83. The number of aromatic nitrogens is 2. The van der Waals surface area contributed by atoms with Crippen molar-refractivity contribution in [2.75, 3.05) is 31.7 Å². The number of anilines is 1. The molecule has 0 radical (unpaired) electrons. The zero-order valence-corrected chi connectivity index (χ0v) is 18.3.